The zero-order valence-electron chi connectivity index (χ0n) is 71.1. The lowest BCUT2D eigenvalue weighted by Crippen LogP contribution is -2.25. The van der Waals surface area contributed by atoms with E-state index in [0.717, 1.165) is 191 Å². The number of fused-ring (bicyclic) bond motifs is 25. The van der Waals surface area contributed by atoms with Gasteiger partial charge in [-0.15, -0.1) is 0 Å². The van der Waals surface area contributed by atoms with Gasteiger partial charge in [0.15, 0.2) is 14.3 Å². The summed E-state index contributed by atoms with van der Waals surface area (Å²) in [7, 11) is -6.56. The first-order chi connectivity index (χ1) is 65.1. The second-order valence-corrected chi connectivity index (χ2v) is 40.1. The van der Waals surface area contributed by atoms with E-state index in [9.17, 15) is 0 Å². The predicted molar refractivity (Wildman–Crippen MR) is 555 cm³/mol. The van der Waals surface area contributed by atoms with E-state index < -0.39 is 14.3 Å². The molecule has 7 aromatic heterocycles. The first-order valence-corrected chi connectivity index (χ1v) is 48.0. The zero-order valence-corrected chi connectivity index (χ0v) is 72.9. The number of benzene rings is 20. The number of hydrogen-bond donors (Lipinski definition) is 0. The van der Waals surface area contributed by atoms with Gasteiger partial charge in [0.1, 0.15) is 11.3 Å². The molecule has 0 aliphatic rings. The van der Waals surface area contributed by atoms with E-state index in [1.807, 2.05) is 109 Å². The first-order valence-electron chi connectivity index (χ1n) is 44.5. The molecule has 0 aliphatic heterocycles. The average molecular weight is 1720 g/mol. The Morgan fingerprint density at radius 3 is 1.26 bits per heavy atom. The van der Waals surface area contributed by atoms with Gasteiger partial charge < -0.3 is 9.13 Å². The maximum absolute atomic E-state index is 15.8. The number of nitrogens with zero attached hydrogens (tertiary/aromatic N) is 7. The average Bonchev–Trinajstić information content (AvgIpc) is 1.53. The van der Waals surface area contributed by atoms with E-state index in [4.69, 9.17) is 15.0 Å². The zero-order chi connectivity index (χ0) is 87.3. The maximum Gasteiger partial charge on any atom is 0.172 e. The summed E-state index contributed by atoms with van der Waals surface area (Å²) < 4.78 is 36.1. The number of para-hydroxylation sites is 1. The molecule has 11 heteroatoms. The molecule has 0 fully saturated rings. The smallest absolute Gasteiger partial charge is 0.172 e. The minimum atomic E-state index is -3.32. The van der Waals surface area contributed by atoms with Crippen LogP contribution < -0.4 is 31.8 Å². The van der Waals surface area contributed by atoms with Crippen LogP contribution >= 0.6 is 14.3 Å². The molecule has 9 nitrogen and oxygen atoms in total. The summed E-state index contributed by atoms with van der Waals surface area (Å²) in [6.07, 6.45) is 9.15. The molecule has 2 unspecified atom stereocenters. The number of pyridine rings is 5. The fraction of sp³-hybridized carbons (Fsp3) is 0. The third kappa shape index (κ3) is 12.5. The molecule has 2 atom stereocenters. The SMILES string of the molecule is O=P(c1ccc(-c2ccc(-c3ccc4c(c3)c3c5ccccc5ccc3c3nc5ccc(-c6cccc7ccccc67)cc5n43)cc2)cc1)(c1ccc2ccccc2c1)c1cnc2ccccc2c1.O=P(c1ccncc1)(c1ccc2ccccc2c1)c1ccc2cc(-c3ccc4c(c3)c3cc5ccccc5cc3c3nc5ccc(-c6cncc7ccccc67)cc5n43)ccc2c1. The van der Waals surface area contributed by atoms with Crippen molar-refractivity contribution >= 4 is 209 Å². The molecule has 0 bridgehead atoms. The number of aromatic nitrogens is 7. The van der Waals surface area contributed by atoms with Gasteiger partial charge in [-0.05, 0) is 241 Å². The second kappa shape index (κ2) is 30.5. The molecule has 27 aromatic rings. The molecule has 0 spiro atoms. The fourth-order valence-electron chi connectivity index (χ4n) is 20.5. The van der Waals surface area contributed by atoms with Crippen molar-refractivity contribution in [2.75, 3.05) is 0 Å². The Morgan fingerprint density at radius 1 is 0.197 bits per heavy atom. The lowest BCUT2D eigenvalue weighted by Gasteiger charge is -2.21. The fourth-order valence-corrected chi connectivity index (χ4v) is 25.8. The highest BCUT2D eigenvalue weighted by atomic mass is 31.2. The van der Waals surface area contributed by atoms with Crippen LogP contribution in [0.25, 0.3) is 219 Å². The van der Waals surface area contributed by atoms with Gasteiger partial charge in [0.05, 0.1) is 38.6 Å². The van der Waals surface area contributed by atoms with Crippen LogP contribution in [0.15, 0.2) is 456 Å². The third-order valence-corrected chi connectivity index (χ3v) is 33.2. The van der Waals surface area contributed by atoms with Crippen LogP contribution in [0.3, 0.4) is 0 Å². The molecule has 0 radical (unpaired) electrons. The topological polar surface area (TPSA) is 107 Å². The van der Waals surface area contributed by atoms with E-state index in [0.29, 0.717) is 0 Å². The highest BCUT2D eigenvalue weighted by Crippen LogP contribution is 2.49. The van der Waals surface area contributed by atoms with Crippen molar-refractivity contribution in [3.8, 4) is 55.6 Å². The Hall–Kier alpha value is -16.7. The van der Waals surface area contributed by atoms with Gasteiger partial charge in [0.25, 0.3) is 0 Å². The summed E-state index contributed by atoms with van der Waals surface area (Å²) in [5.41, 5.74) is 20.3. The number of imidazole rings is 2. The van der Waals surface area contributed by atoms with Crippen molar-refractivity contribution in [3.05, 3.63) is 456 Å². The van der Waals surface area contributed by atoms with Crippen LogP contribution in [0.5, 0.6) is 0 Å². The molecule has 7 heterocycles. The molecule has 0 N–H and O–H groups in total. The second-order valence-electron chi connectivity index (χ2n) is 34.5. The molecule has 0 amide bonds. The van der Waals surface area contributed by atoms with Gasteiger partial charge in [-0.1, -0.05) is 309 Å². The van der Waals surface area contributed by atoms with Gasteiger partial charge in [-0.3, -0.25) is 23.8 Å². The maximum atomic E-state index is 15.8. The lowest BCUT2D eigenvalue weighted by molar-refractivity contribution is 0.591. The van der Waals surface area contributed by atoms with Crippen LogP contribution in [0.1, 0.15) is 0 Å². The van der Waals surface area contributed by atoms with Gasteiger partial charge >= 0.3 is 0 Å². The van der Waals surface area contributed by atoms with Crippen LogP contribution in [-0.2, 0) is 9.13 Å². The van der Waals surface area contributed by atoms with Crippen molar-refractivity contribution < 1.29 is 9.13 Å². The minimum absolute atomic E-state index is 0.720. The number of hydrogen-bond acceptors (Lipinski definition) is 7. The van der Waals surface area contributed by atoms with E-state index in [1.54, 1.807) is 18.6 Å². The van der Waals surface area contributed by atoms with Gasteiger partial charge in [-0.2, -0.15) is 0 Å². The Labute approximate surface area is 757 Å². The standard InChI is InChI=1S/C64H40N3OP.C57H35N4OP/c68-69(52-32-26-41-10-1-2-13-47(41)36-52,53-37-50-14-5-8-19-59(50)65-40-53)51-30-24-43(25-31-51)42-20-22-44(23-21-42)48-29-35-61-58(38-48)63-56-17-7-4-12-46(56)27-33-57(63)64-66-60-34-28-49(39-62(60)67(61)64)55-18-9-15-45-11-3-6-16-54(45)55;62-63(46-23-25-58-26-24-46,47-19-15-36-7-1-2-8-37(36)28-47)48-20-16-41-27-40(13-14-42(41)29-48)43-18-22-55-51(31-43)50-30-38-9-3-4-10-39(38)32-52(50)57-60-54-21-17-44(33-56(54)61(55)57)53-35-59-34-45-11-5-6-12-49(45)53/h1-40H;1-35H. The van der Waals surface area contributed by atoms with Gasteiger partial charge in [-0.25, -0.2) is 9.97 Å². The molecular formula is C121H75N7O2P2. The molecule has 20 aromatic carbocycles. The molecule has 27 rings (SSSR count). The summed E-state index contributed by atoms with van der Waals surface area (Å²) in [4.78, 5) is 24.3. The quantitative estimate of drug-likeness (QED) is 0.0721. The Balaban J connectivity index is 0.000000139. The third-order valence-electron chi connectivity index (χ3n) is 27.2. The van der Waals surface area contributed by atoms with E-state index >= 15 is 9.13 Å². The van der Waals surface area contributed by atoms with E-state index in [1.165, 1.54) is 59.6 Å². The number of rotatable bonds is 11. The first kappa shape index (κ1) is 76.6. The van der Waals surface area contributed by atoms with E-state index in [-0.39, 0.29) is 0 Å². The van der Waals surface area contributed by atoms with Crippen molar-refractivity contribution in [1.82, 2.24) is 33.7 Å². The summed E-state index contributed by atoms with van der Waals surface area (Å²) in [6.45, 7) is 0. The Morgan fingerprint density at radius 2 is 0.606 bits per heavy atom. The van der Waals surface area contributed by atoms with Crippen LogP contribution in [-0.4, -0.2) is 33.7 Å². The lowest BCUT2D eigenvalue weighted by atomic mass is 9.95. The Kier molecular flexibility index (Phi) is 17.7. The predicted octanol–water partition coefficient (Wildman–Crippen LogP) is 28.6. The molecular weight excluding hydrogens is 1650 g/mol. The van der Waals surface area contributed by atoms with Crippen molar-refractivity contribution in [3.63, 3.8) is 0 Å². The summed E-state index contributed by atoms with van der Waals surface area (Å²) in [5.74, 6) is 0. The summed E-state index contributed by atoms with van der Waals surface area (Å²) >= 11 is 0. The highest BCUT2D eigenvalue weighted by molar-refractivity contribution is 7.85. The van der Waals surface area contributed by atoms with Crippen molar-refractivity contribution in [2.24, 2.45) is 0 Å². The molecule has 0 aliphatic carbocycles. The van der Waals surface area contributed by atoms with Gasteiger partial charge in [0, 0.05) is 106 Å². The summed E-state index contributed by atoms with van der Waals surface area (Å²) in [5, 5.41) is 28.6. The molecule has 616 valence electrons. The molecule has 0 saturated heterocycles. The van der Waals surface area contributed by atoms with Crippen LogP contribution in [0.4, 0.5) is 0 Å². The van der Waals surface area contributed by atoms with Crippen molar-refractivity contribution in [2.45, 2.75) is 0 Å². The summed E-state index contributed by atoms with van der Waals surface area (Å²) in [6, 6.07) is 150. The van der Waals surface area contributed by atoms with Gasteiger partial charge in [0.2, 0.25) is 0 Å². The monoisotopic (exact) mass is 1720 g/mol. The Bertz CT molecular complexity index is 9560. The normalized spacial score (nSPS) is 12.9. The largest absolute Gasteiger partial charge is 0.309 e. The van der Waals surface area contributed by atoms with E-state index in [2.05, 4.69) is 346 Å². The van der Waals surface area contributed by atoms with Crippen LogP contribution in [0.2, 0.25) is 0 Å². The van der Waals surface area contributed by atoms with Crippen molar-refractivity contribution in [1.29, 1.82) is 0 Å². The molecule has 0 saturated carbocycles. The van der Waals surface area contributed by atoms with Crippen LogP contribution in [0, 0.1) is 0 Å². The molecule has 132 heavy (non-hydrogen) atoms. The minimum Gasteiger partial charge on any atom is -0.309 e. The highest BCUT2D eigenvalue weighted by Gasteiger charge is 2.33.